The Morgan fingerprint density at radius 2 is 1.74 bits per heavy atom. The number of carboxylic acid groups (broad SMARTS) is 1. The number of nitrogens with zero attached hydrogens (tertiary/aromatic N) is 3. The van der Waals surface area contributed by atoms with Crippen molar-refractivity contribution in [2.24, 2.45) is 5.92 Å². The van der Waals surface area contributed by atoms with Gasteiger partial charge in [0.05, 0.1) is 19.1 Å². The smallest absolute Gasteiger partial charge is 0.339 e. The van der Waals surface area contributed by atoms with Gasteiger partial charge < -0.3 is 25.0 Å². The van der Waals surface area contributed by atoms with Gasteiger partial charge in [0.25, 0.3) is 0 Å². The first-order chi connectivity index (χ1) is 20.2. The monoisotopic (exact) mass is 574 g/mol. The third-order valence-corrected chi connectivity index (χ3v) is 7.10. The molecule has 8 heteroatoms. The topological polar surface area (TPSA) is 95.0 Å². The minimum atomic E-state index is -1.04. The van der Waals surface area contributed by atoms with Crippen LogP contribution in [0.15, 0.2) is 66.9 Å². The molecule has 4 rings (SSSR count). The molecule has 8 nitrogen and oxygen atoms in total. The second-order valence-electron chi connectivity index (χ2n) is 11.2. The average Bonchev–Trinajstić information content (AvgIpc) is 2.98. The van der Waals surface area contributed by atoms with Gasteiger partial charge in [-0.15, -0.1) is 0 Å². The number of aromatic carboxylic acids is 1. The highest BCUT2D eigenvalue weighted by Gasteiger charge is 2.23. The van der Waals surface area contributed by atoms with Gasteiger partial charge in [-0.25, -0.2) is 9.78 Å². The molecule has 42 heavy (non-hydrogen) atoms. The Bertz CT molecular complexity index is 1270. The van der Waals surface area contributed by atoms with Gasteiger partial charge in [0, 0.05) is 39.1 Å². The Morgan fingerprint density at radius 3 is 2.33 bits per heavy atom. The summed E-state index contributed by atoms with van der Waals surface area (Å²) in [4.78, 5) is 33.0. The Balaban J connectivity index is 0.000000458. The molecule has 0 spiro atoms. The quantitative estimate of drug-likeness (QED) is 0.275. The first kappa shape index (κ1) is 32.4. The van der Waals surface area contributed by atoms with Gasteiger partial charge in [0.2, 0.25) is 5.91 Å². The lowest BCUT2D eigenvalue weighted by Crippen LogP contribution is -2.34. The number of aromatic nitrogens is 1. The van der Waals surface area contributed by atoms with E-state index in [1.807, 2.05) is 43.3 Å². The molecule has 1 fully saturated rings. The molecular formula is C34H46N4O4. The molecule has 1 saturated heterocycles. The summed E-state index contributed by atoms with van der Waals surface area (Å²) in [6.07, 6.45) is 6.47. The molecule has 1 amide bonds. The number of pyridine rings is 1. The fourth-order valence-electron chi connectivity index (χ4n) is 5.12. The van der Waals surface area contributed by atoms with E-state index in [0.29, 0.717) is 18.3 Å². The van der Waals surface area contributed by atoms with E-state index in [-0.39, 0.29) is 23.9 Å². The second kappa shape index (κ2) is 16.4. The maximum atomic E-state index is 13.1. The molecule has 0 saturated carbocycles. The summed E-state index contributed by atoms with van der Waals surface area (Å²) in [7, 11) is 3.95. The zero-order valence-electron chi connectivity index (χ0n) is 25.7. The van der Waals surface area contributed by atoms with Gasteiger partial charge in [0.15, 0.2) is 0 Å². The molecule has 1 atom stereocenters. The van der Waals surface area contributed by atoms with E-state index < -0.39 is 5.97 Å². The number of ether oxygens (including phenoxy) is 1. The summed E-state index contributed by atoms with van der Waals surface area (Å²) < 4.78 is 5.49. The van der Waals surface area contributed by atoms with E-state index in [9.17, 15) is 14.7 Å². The predicted octanol–water partition coefficient (Wildman–Crippen LogP) is 6.37. The number of carbonyl (C=O) groups is 2. The maximum absolute atomic E-state index is 13.1. The van der Waals surface area contributed by atoms with E-state index in [4.69, 9.17) is 4.74 Å². The van der Waals surface area contributed by atoms with E-state index >= 15 is 0 Å². The molecule has 1 aliphatic rings. The van der Waals surface area contributed by atoms with Crippen molar-refractivity contribution in [1.29, 1.82) is 0 Å². The van der Waals surface area contributed by atoms with Crippen LogP contribution in [0, 0.1) is 5.92 Å². The Kier molecular flexibility index (Phi) is 12.7. The normalized spacial score (nSPS) is 13.5. The molecule has 0 aliphatic carbocycles. The van der Waals surface area contributed by atoms with E-state index in [1.54, 1.807) is 25.3 Å². The van der Waals surface area contributed by atoms with E-state index in [0.717, 1.165) is 36.5 Å². The predicted molar refractivity (Wildman–Crippen MR) is 170 cm³/mol. The van der Waals surface area contributed by atoms with Gasteiger partial charge >= 0.3 is 5.97 Å². The van der Waals surface area contributed by atoms with Crippen molar-refractivity contribution in [1.82, 2.24) is 10.3 Å². The van der Waals surface area contributed by atoms with Crippen molar-refractivity contribution in [3.8, 4) is 5.75 Å². The molecule has 1 aliphatic heterocycles. The number of hydrogen-bond acceptors (Lipinski definition) is 6. The van der Waals surface area contributed by atoms with Gasteiger partial charge in [-0.05, 0) is 80.0 Å². The lowest BCUT2D eigenvalue weighted by atomic mass is 9.94. The maximum Gasteiger partial charge on any atom is 0.339 e. The van der Waals surface area contributed by atoms with E-state index in [2.05, 4.69) is 47.2 Å². The highest BCUT2D eigenvalue weighted by molar-refractivity contribution is 5.91. The zero-order valence-corrected chi connectivity index (χ0v) is 25.7. The molecule has 2 N–H and O–H groups in total. The number of benzene rings is 2. The van der Waals surface area contributed by atoms with Crippen LogP contribution in [-0.2, 0) is 11.2 Å². The van der Waals surface area contributed by atoms with Gasteiger partial charge in [-0.1, -0.05) is 44.2 Å². The molecule has 3 aromatic rings. The molecule has 1 aromatic heterocycles. The third kappa shape index (κ3) is 9.79. The summed E-state index contributed by atoms with van der Waals surface area (Å²) in [6, 6.07) is 19.0. The summed E-state index contributed by atoms with van der Waals surface area (Å²) in [6.45, 7) is 8.61. The van der Waals surface area contributed by atoms with Crippen molar-refractivity contribution in [2.45, 2.75) is 58.9 Å². The Hall–Kier alpha value is -4.07. The highest BCUT2D eigenvalue weighted by Crippen LogP contribution is 2.32. The number of anilines is 2. The lowest BCUT2D eigenvalue weighted by Gasteiger charge is -2.33. The van der Waals surface area contributed by atoms with Crippen LogP contribution in [0.4, 0.5) is 11.5 Å². The third-order valence-electron chi connectivity index (χ3n) is 7.10. The Morgan fingerprint density at radius 1 is 1.02 bits per heavy atom. The number of hydrogen-bond donors (Lipinski definition) is 2. The van der Waals surface area contributed by atoms with Crippen LogP contribution in [0.3, 0.4) is 0 Å². The number of para-hydroxylation sites is 1. The molecule has 0 unspecified atom stereocenters. The van der Waals surface area contributed by atoms with Gasteiger partial charge in [-0.2, -0.15) is 0 Å². The number of carbonyl (C=O) groups excluding carboxylic acids is 1. The summed E-state index contributed by atoms with van der Waals surface area (Å²) in [5.41, 5.74) is 3.22. The second-order valence-corrected chi connectivity index (χ2v) is 11.2. The van der Waals surface area contributed by atoms with Crippen LogP contribution < -0.4 is 19.9 Å². The van der Waals surface area contributed by atoms with Crippen molar-refractivity contribution in [2.75, 3.05) is 43.6 Å². The first-order valence-electron chi connectivity index (χ1n) is 14.9. The van der Waals surface area contributed by atoms with Crippen molar-refractivity contribution in [3.05, 3.63) is 83.6 Å². The van der Waals surface area contributed by atoms with Crippen molar-refractivity contribution < 1.29 is 19.4 Å². The summed E-state index contributed by atoms with van der Waals surface area (Å²) in [5.74, 6) is 0.589. The van der Waals surface area contributed by atoms with Crippen molar-refractivity contribution >= 4 is 23.4 Å². The molecule has 0 radical (unpaired) electrons. The first-order valence-corrected chi connectivity index (χ1v) is 14.9. The summed E-state index contributed by atoms with van der Waals surface area (Å²) in [5, 5.41) is 12.6. The van der Waals surface area contributed by atoms with Crippen molar-refractivity contribution in [3.63, 3.8) is 0 Å². The van der Waals surface area contributed by atoms with E-state index in [1.165, 1.54) is 31.0 Å². The van der Waals surface area contributed by atoms with Crippen LogP contribution in [0.2, 0.25) is 0 Å². The minimum absolute atomic E-state index is 0.0831. The highest BCUT2D eigenvalue weighted by atomic mass is 16.5. The molecule has 2 aromatic carbocycles. The van der Waals surface area contributed by atoms with Crippen LogP contribution in [0.1, 0.15) is 74.0 Å². The fourth-order valence-corrected chi connectivity index (χ4v) is 5.12. The largest absolute Gasteiger partial charge is 0.493 e. The summed E-state index contributed by atoms with van der Waals surface area (Å²) >= 11 is 0. The molecule has 226 valence electrons. The number of carboxylic acids is 1. The average molecular weight is 575 g/mol. The van der Waals surface area contributed by atoms with Crippen LogP contribution in [-0.4, -0.2) is 55.8 Å². The molecule has 0 bridgehead atoms. The standard InChI is InChI=1S/C27H36N2O4.C7H10N2/c1-4-33-25-17-20(12-13-22(25)27(31)32)18-26(30)28-23(16-19(2)3)21-10-6-7-11-24(21)29-14-8-5-9-15-29;1-9(2)7-5-3-4-6-8-7/h6-7,10-13,17,19,23H,4-5,8-9,14-16,18H2,1-3H3,(H,28,30)(H,31,32);3-6H,1-2H3/t23-;/m0./s1. The number of nitrogens with one attached hydrogen (secondary N) is 1. The van der Waals surface area contributed by atoms with Gasteiger partial charge in [0.1, 0.15) is 17.1 Å². The molecule has 2 heterocycles. The number of rotatable bonds is 11. The minimum Gasteiger partial charge on any atom is -0.493 e. The van der Waals surface area contributed by atoms with Crippen LogP contribution in [0.25, 0.3) is 0 Å². The number of amides is 1. The molecular weight excluding hydrogens is 528 g/mol. The lowest BCUT2D eigenvalue weighted by molar-refractivity contribution is -0.121. The Labute approximate surface area is 250 Å². The number of piperidine rings is 1. The van der Waals surface area contributed by atoms with Crippen LogP contribution in [0.5, 0.6) is 5.75 Å². The fraction of sp³-hybridized carbons (Fsp3) is 0.441. The van der Waals surface area contributed by atoms with Crippen LogP contribution >= 0.6 is 0 Å². The zero-order chi connectivity index (χ0) is 30.5. The van der Waals surface area contributed by atoms with Gasteiger partial charge in [-0.3, -0.25) is 4.79 Å². The SMILES string of the molecule is CCOc1cc(CC(=O)N[C@@H](CC(C)C)c2ccccc2N2CCCCC2)ccc1C(=O)O.CN(C)c1ccccn1.